The molecule has 3 N–H and O–H groups in total. The number of nitrogens with one attached hydrogen (secondary N) is 3. The van der Waals surface area contributed by atoms with Gasteiger partial charge in [0.15, 0.2) is 0 Å². The first kappa shape index (κ1) is 14.1. The fourth-order valence-electron chi connectivity index (χ4n) is 4.03. The third kappa shape index (κ3) is 2.60. The van der Waals surface area contributed by atoms with Gasteiger partial charge in [0.2, 0.25) is 0 Å². The topological polar surface area (TPSA) is 48.5 Å². The van der Waals surface area contributed by atoms with Gasteiger partial charge in [0.25, 0.3) is 0 Å². The van der Waals surface area contributed by atoms with Crippen molar-refractivity contribution in [3.63, 3.8) is 0 Å². The molecule has 0 atom stereocenters. The van der Waals surface area contributed by atoms with Crippen molar-refractivity contribution in [3.05, 3.63) is 24.3 Å². The maximum atomic E-state index is 5.19. The Kier molecular flexibility index (Phi) is 3.78. The van der Waals surface area contributed by atoms with Crippen LogP contribution in [0.5, 0.6) is 0 Å². The predicted octanol–water partition coefficient (Wildman–Crippen LogP) is 3.38. The minimum atomic E-state index is -0.00293. The van der Waals surface area contributed by atoms with Gasteiger partial charge in [-0.25, -0.2) is 0 Å². The predicted molar refractivity (Wildman–Crippen MR) is 92.8 cm³/mol. The first-order valence-corrected chi connectivity index (χ1v) is 8.79. The van der Waals surface area contributed by atoms with Crippen molar-refractivity contribution >= 4 is 17.2 Å². The monoisotopic (exact) mass is 298 g/mol. The molecule has 118 valence electrons. The maximum Gasteiger partial charge on any atom is 0.127 e. The van der Waals surface area contributed by atoms with Gasteiger partial charge in [-0.3, -0.25) is 4.99 Å². The highest BCUT2D eigenvalue weighted by Crippen LogP contribution is 2.36. The SMILES string of the molecule is c1ccc2c(c1)NC(=NC1CCCCC1)C1(CCNCC1)N2. The van der Waals surface area contributed by atoms with Crippen LogP contribution < -0.4 is 16.0 Å². The molecule has 4 heteroatoms. The molecule has 0 bridgehead atoms. The van der Waals surface area contributed by atoms with Crippen LogP contribution in [0.25, 0.3) is 0 Å². The molecule has 1 spiro atoms. The van der Waals surface area contributed by atoms with E-state index in [9.17, 15) is 0 Å². The van der Waals surface area contributed by atoms with Gasteiger partial charge in [0.05, 0.1) is 23.0 Å². The molecule has 2 heterocycles. The number of benzene rings is 1. The van der Waals surface area contributed by atoms with E-state index in [1.54, 1.807) is 0 Å². The summed E-state index contributed by atoms with van der Waals surface area (Å²) in [6, 6.07) is 9.02. The summed E-state index contributed by atoms with van der Waals surface area (Å²) in [5.41, 5.74) is 2.38. The van der Waals surface area contributed by atoms with Crippen LogP contribution in [0, 0.1) is 0 Å². The zero-order chi connectivity index (χ0) is 14.8. The smallest absolute Gasteiger partial charge is 0.127 e. The van der Waals surface area contributed by atoms with Crippen molar-refractivity contribution in [3.8, 4) is 0 Å². The Labute approximate surface area is 132 Å². The minimum Gasteiger partial charge on any atom is -0.371 e. The Bertz CT molecular complexity index is 554. The summed E-state index contributed by atoms with van der Waals surface area (Å²) in [4.78, 5) is 5.19. The average Bonchev–Trinajstić information content (AvgIpc) is 2.57. The van der Waals surface area contributed by atoms with E-state index in [-0.39, 0.29) is 5.54 Å². The highest BCUT2D eigenvalue weighted by molar-refractivity contribution is 6.09. The molecule has 2 fully saturated rings. The second kappa shape index (κ2) is 5.92. The van der Waals surface area contributed by atoms with Crippen LogP contribution in [-0.2, 0) is 0 Å². The lowest BCUT2D eigenvalue weighted by atomic mass is 9.84. The van der Waals surface area contributed by atoms with Crippen LogP contribution in [0.1, 0.15) is 44.9 Å². The third-order valence-electron chi connectivity index (χ3n) is 5.35. The molecule has 4 nitrogen and oxygen atoms in total. The molecule has 4 rings (SSSR count). The molecule has 1 saturated heterocycles. The molecule has 0 unspecified atom stereocenters. The molecule has 1 aliphatic carbocycles. The number of hydrogen-bond acceptors (Lipinski definition) is 3. The lowest BCUT2D eigenvalue weighted by Crippen LogP contribution is -2.58. The van der Waals surface area contributed by atoms with Crippen molar-refractivity contribution in [1.82, 2.24) is 5.32 Å². The summed E-state index contributed by atoms with van der Waals surface area (Å²) in [5, 5.41) is 11.0. The summed E-state index contributed by atoms with van der Waals surface area (Å²) >= 11 is 0. The van der Waals surface area contributed by atoms with E-state index < -0.39 is 0 Å². The summed E-state index contributed by atoms with van der Waals surface area (Å²) in [5.74, 6) is 1.18. The van der Waals surface area contributed by atoms with E-state index in [0.717, 1.165) is 25.9 Å². The van der Waals surface area contributed by atoms with E-state index >= 15 is 0 Å². The molecule has 22 heavy (non-hydrogen) atoms. The van der Waals surface area contributed by atoms with E-state index in [4.69, 9.17) is 4.99 Å². The molecule has 0 radical (unpaired) electrons. The molecule has 1 saturated carbocycles. The van der Waals surface area contributed by atoms with Crippen LogP contribution in [0.4, 0.5) is 11.4 Å². The zero-order valence-electron chi connectivity index (χ0n) is 13.2. The zero-order valence-corrected chi connectivity index (χ0v) is 13.2. The third-order valence-corrected chi connectivity index (χ3v) is 5.35. The molecular formula is C18H26N4. The summed E-state index contributed by atoms with van der Waals surface area (Å²) in [7, 11) is 0. The Morgan fingerprint density at radius 1 is 0.955 bits per heavy atom. The fraction of sp³-hybridized carbons (Fsp3) is 0.611. The number of para-hydroxylation sites is 2. The maximum absolute atomic E-state index is 5.19. The van der Waals surface area contributed by atoms with Crippen LogP contribution in [-0.4, -0.2) is 30.5 Å². The van der Waals surface area contributed by atoms with Gasteiger partial charge in [-0.15, -0.1) is 0 Å². The number of nitrogens with zero attached hydrogens (tertiary/aromatic N) is 1. The summed E-state index contributed by atoms with van der Waals surface area (Å²) < 4.78 is 0. The quantitative estimate of drug-likeness (QED) is 0.745. The van der Waals surface area contributed by atoms with Crippen LogP contribution in [0.3, 0.4) is 0 Å². The van der Waals surface area contributed by atoms with E-state index in [1.807, 2.05) is 0 Å². The summed E-state index contributed by atoms with van der Waals surface area (Å²) in [6.45, 7) is 2.11. The van der Waals surface area contributed by atoms with Crippen molar-refractivity contribution in [2.45, 2.75) is 56.5 Å². The molecule has 3 aliphatic rings. The first-order chi connectivity index (χ1) is 10.9. The number of aliphatic imine (C=N–C) groups is 1. The second-order valence-electron chi connectivity index (χ2n) is 6.90. The van der Waals surface area contributed by atoms with Crippen molar-refractivity contribution in [1.29, 1.82) is 0 Å². The van der Waals surface area contributed by atoms with Crippen molar-refractivity contribution < 1.29 is 0 Å². The van der Waals surface area contributed by atoms with Gasteiger partial charge in [0, 0.05) is 0 Å². The van der Waals surface area contributed by atoms with Gasteiger partial charge >= 0.3 is 0 Å². The second-order valence-corrected chi connectivity index (χ2v) is 6.90. The average molecular weight is 298 g/mol. The highest BCUT2D eigenvalue weighted by atomic mass is 15.2. The molecule has 2 aliphatic heterocycles. The molecule has 1 aromatic rings. The number of amidine groups is 1. The number of fused-ring (bicyclic) bond motifs is 1. The van der Waals surface area contributed by atoms with Gasteiger partial charge in [-0.2, -0.15) is 0 Å². The first-order valence-electron chi connectivity index (χ1n) is 8.79. The van der Waals surface area contributed by atoms with E-state index in [0.29, 0.717) is 6.04 Å². The molecular weight excluding hydrogens is 272 g/mol. The van der Waals surface area contributed by atoms with Crippen LogP contribution in [0.2, 0.25) is 0 Å². The van der Waals surface area contributed by atoms with E-state index in [2.05, 4.69) is 40.2 Å². The highest BCUT2D eigenvalue weighted by Gasteiger charge is 2.41. The Morgan fingerprint density at radius 3 is 2.45 bits per heavy atom. The van der Waals surface area contributed by atoms with Crippen LogP contribution >= 0.6 is 0 Å². The minimum absolute atomic E-state index is 0.00293. The van der Waals surface area contributed by atoms with E-state index in [1.165, 1.54) is 49.3 Å². The largest absolute Gasteiger partial charge is 0.371 e. The van der Waals surface area contributed by atoms with Crippen molar-refractivity contribution in [2.75, 3.05) is 23.7 Å². The molecule has 0 aromatic heterocycles. The number of hydrogen-bond donors (Lipinski definition) is 3. The Morgan fingerprint density at radius 2 is 1.68 bits per heavy atom. The lowest BCUT2D eigenvalue weighted by molar-refractivity contribution is 0.408. The number of anilines is 2. The number of rotatable bonds is 1. The molecule has 1 aromatic carbocycles. The van der Waals surface area contributed by atoms with Gasteiger partial charge in [0.1, 0.15) is 5.84 Å². The Hall–Kier alpha value is -1.55. The summed E-state index contributed by atoms with van der Waals surface area (Å²) in [6.07, 6.45) is 8.74. The van der Waals surface area contributed by atoms with Gasteiger partial charge < -0.3 is 16.0 Å². The van der Waals surface area contributed by atoms with Crippen molar-refractivity contribution in [2.24, 2.45) is 4.99 Å². The lowest BCUT2D eigenvalue weighted by Gasteiger charge is -2.44. The Balaban J connectivity index is 1.68. The standard InChI is InChI=1S/C18H26N4/c1-2-6-14(7-3-1)20-17-18(10-12-19-13-11-18)22-16-9-5-4-8-15(16)21-17/h4-5,8-9,14,19,22H,1-3,6-7,10-13H2,(H,20,21). The number of piperidine rings is 1. The van der Waals surface area contributed by atoms with Gasteiger partial charge in [-0.05, 0) is 50.9 Å². The fourth-order valence-corrected chi connectivity index (χ4v) is 4.03. The van der Waals surface area contributed by atoms with Crippen LogP contribution in [0.15, 0.2) is 29.3 Å². The molecule has 0 amide bonds. The van der Waals surface area contributed by atoms with Gasteiger partial charge in [-0.1, -0.05) is 31.4 Å². The normalized spacial score (nSPS) is 26.3.